The minimum atomic E-state index is -0.774. The first-order valence-electron chi connectivity index (χ1n) is 6.14. The van der Waals surface area contributed by atoms with Crippen LogP contribution >= 0.6 is 0 Å². The van der Waals surface area contributed by atoms with Gasteiger partial charge in [0.2, 0.25) is 0 Å². The molecule has 18 heavy (non-hydrogen) atoms. The lowest BCUT2D eigenvalue weighted by atomic mass is 10.0. The lowest BCUT2D eigenvalue weighted by molar-refractivity contribution is 0.398. The van der Waals surface area contributed by atoms with Gasteiger partial charge >= 0.3 is 0 Å². The topological polar surface area (TPSA) is 38.3 Å². The molecule has 0 aromatic heterocycles. The molecule has 3 atom stereocenters. The van der Waals surface area contributed by atoms with Gasteiger partial charge in [0.05, 0.1) is 7.11 Å². The van der Waals surface area contributed by atoms with E-state index in [0.29, 0.717) is 5.75 Å². The number of methoxy groups -OCH3 is 1. The molecule has 3 unspecified atom stereocenters. The van der Waals surface area contributed by atoms with E-state index in [2.05, 4.69) is 32.2 Å². The second kappa shape index (κ2) is 6.90. The standard InChI is InChI=1S/C14H23NO2S/c1-10-6-7-14(17-4)13(8-10)12(3)15-11(2)9-18(5)16/h6-8,11-12,15H,9H2,1-5H3. The smallest absolute Gasteiger partial charge is 0.123 e. The predicted molar refractivity (Wildman–Crippen MR) is 77.7 cm³/mol. The van der Waals surface area contributed by atoms with Crippen molar-refractivity contribution in [2.24, 2.45) is 0 Å². The van der Waals surface area contributed by atoms with Crippen LogP contribution in [0, 0.1) is 6.92 Å². The number of aryl methyl sites for hydroxylation is 1. The van der Waals surface area contributed by atoms with Crippen LogP contribution in [-0.2, 0) is 10.8 Å². The lowest BCUT2D eigenvalue weighted by Crippen LogP contribution is -2.33. The molecule has 1 N–H and O–H groups in total. The minimum Gasteiger partial charge on any atom is -0.496 e. The van der Waals surface area contributed by atoms with Crippen LogP contribution in [0.3, 0.4) is 0 Å². The molecule has 0 saturated heterocycles. The molecule has 0 aliphatic carbocycles. The van der Waals surface area contributed by atoms with Gasteiger partial charge in [0.25, 0.3) is 0 Å². The van der Waals surface area contributed by atoms with Crippen LogP contribution in [0.1, 0.15) is 31.0 Å². The molecule has 1 rings (SSSR count). The van der Waals surface area contributed by atoms with Gasteiger partial charge in [-0.3, -0.25) is 4.21 Å². The van der Waals surface area contributed by atoms with Crippen molar-refractivity contribution in [2.45, 2.75) is 32.9 Å². The Kier molecular flexibility index (Phi) is 5.82. The van der Waals surface area contributed by atoms with Crippen LogP contribution in [0.25, 0.3) is 0 Å². The lowest BCUT2D eigenvalue weighted by Gasteiger charge is -2.21. The van der Waals surface area contributed by atoms with E-state index in [1.807, 2.05) is 12.1 Å². The van der Waals surface area contributed by atoms with Gasteiger partial charge < -0.3 is 10.1 Å². The SMILES string of the molecule is COc1ccc(C)cc1C(C)NC(C)CS(C)=O. The molecule has 0 saturated carbocycles. The minimum absolute atomic E-state index is 0.179. The van der Waals surface area contributed by atoms with Crippen LogP contribution in [0.2, 0.25) is 0 Å². The molecule has 0 fully saturated rings. The first-order valence-corrected chi connectivity index (χ1v) is 7.87. The molecule has 1 aromatic carbocycles. The maximum absolute atomic E-state index is 11.2. The van der Waals surface area contributed by atoms with Gasteiger partial charge in [-0.2, -0.15) is 0 Å². The number of hydrogen-bond donors (Lipinski definition) is 1. The van der Waals surface area contributed by atoms with Crippen LogP contribution in [0.15, 0.2) is 18.2 Å². The zero-order valence-electron chi connectivity index (χ0n) is 11.8. The van der Waals surface area contributed by atoms with Crippen molar-refractivity contribution >= 4 is 10.8 Å². The van der Waals surface area contributed by atoms with Gasteiger partial charge in [-0.15, -0.1) is 0 Å². The fraction of sp³-hybridized carbons (Fsp3) is 0.571. The number of benzene rings is 1. The van der Waals surface area contributed by atoms with Crippen molar-refractivity contribution in [3.8, 4) is 5.75 Å². The van der Waals surface area contributed by atoms with E-state index in [1.54, 1.807) is 13.4 Å². The maximum atomic E-state index is 11.2. The number of ether oxygens (including phenoxy) is 1. The third kappa shape index (κ3) is 4.42. The Labute approximate surface area is 112 Å². The Morgan fingerprint density at radius 2 is 2.06 bits per heavy atom. The van der Waals surface area contributed by atoms with Gasteiger partial charge in [-0.25, -0.2) is 0 Å². The average Bonchev–Trinajstić information content (AvgIpc) is 2.27. The van der Waals surface area contributed by atoms with E-state index < -0.39 is 10.8 Å². The fourth-order valence-electron chi connectivity index (χ4n) is 2.11. The molecule has 0 radical (unpaired) electrons. The van der Waals surface area contributed by atoms with Crippen molar-refractivity contribution in [1.82, 2.24) is 5.32 Å². The van der Waals surface area contributed by atoms with Gasteiger partial charge in [-0.1, -0.05) is 17.7 Å². The van der Waals surface area contributed by atoms with Crippen molar-refractivity contribution in [2.75, 3.05) is 19.1 Å². The summed E-state index contributed by atoms with van der Waals surface area (Å²) in [4.78, 5) is 0. The zero-order chi connectivity index (χ0) is 13.7. The molecule has 0 bridgehead atoms. The quantitative estimate of drug-likeness (QED) is 0.862. The predicted octanol–water partition coefficient (Wildman–Crippen LogP) is 2.42. The third-order valence-corrected chi connectivity index (χ3v) is 3.84. The normalized spacial score (nSPS) is 16.1. The number of nitrogens with one attached hydrogen (secondary N) is 1. The van der Waals surface area contributed by atoms with Gasteiger partial charge in [0.15, 0.2) is 0 Å². The van der Waals surface area contributed by atoms with Gasteiger partial charge in [0.1, 0.15) is 5.75 Å². The summed E-state index contributed by atoms with van der Waals surface area (Å²) < 4.78 is 16.6. The van der Waals surface area contributed by atoms with E-state index >= 15 is 0 Å². The number of hydrogen-bond acceptors (Lipinski definition) is 3. The van der Waals surface area contributed by atoms with E-state index in [-0.39, 0.29) is 12.1 Å². The Hall–Kier alpha value is -0.870. The summed E-state index contributed by atoms with van der Waals surface area (Å²) in [5.74, 6) is 1.56. The molecule has 102 valence electrons. The highest BCUT2D eigenvalue weighted by atomic mass is 32.2. The third-order valence-electron chi connectivity index (χ3n) is 2.87. The van der Waals surface area contributed by atoms with E-state index in [4.69, 9.17) is 4.74 Å². The van der Waals surface area contributed by atoms with E-state index in [1.165, 1.54) is 5.56 Å². The van der Waals surface area contributed by atoms with Crippen LogP contribution < -0.4 is 10.1 Å². The van der Waals surface area contributed by atoms with Crippen molar-refractivity contribution < 1.29 is 8.95 Å². The van der Waals surface area contributed by atoms with Crippen molar-refractivity contribution in [3.05, 3.63) is 29.3 Å². The summed E-state index contributed by atoms with van der Waals surface area (Å²) in [6, 6.07) is 6.56. The van der Waals surface area contributed by atoms with Crippen LogP contribution in [0.5, 0.6) is 5.75 Å². The highest BCUT2D eigenvalue weighted by Gasteiger charge is 2.14. The summed E-state index contributed by atoms with van der Waals surface area (Å²) in [7, 11) is 0.912. The molecule has 3 nitrogen and oxygen atoms in total. The monoisotopic (exact) mass is 269 g/mol. The Bertz CT molecular complexity index is 420. The van der Waals surface area contributed by atoms with E-state index in [0.717, 1.165) is 11.3 Å². The van der Waals surface area contributed by atoms with Crippen molar-refractivity contribution in [3.63, 3.8) is 0 Å². The highest BCUT2D eigenvalue weighted by molar-refractivity contribution is 7.84. The molecular weight excluding hydrogens is 246 g/mol. The summed E-state index contributed by atoms with van der Waals surface area (Å²) in [6.45, 7) is 6.23. The first kappa shape index (κ1) is 15.2. The summed E-state index contributed by atoms with van der Waals surface area (Å²) in [6.07, 6.45) is 1.73. The van der Waals surface area contributed by atoms with Gasteiger partial charge in [-0.05, 0) is 26.8 Å². The molecule has 0 amide bonds. The Morgan fingerprint density at radius 3 is 2.61 bits per heavy atom. The largest absolute Gasteiger partial charge is 0.496 e. The second-order valence-electron chi connectivity index (χ2n) is 4.77. The second-order valence-corrected chi connectivity index (χ2v) is 6.25. The fourth-order valence-corrected chi connectivity index (χ4v) is 2.91. The molecule has 0 spiro atoms. The Balaban J connectivity index is 2.79. The average molecular weight is 269 g/mol. The van der Waals surface area contributed by atoms with Crippen LogP contribution in [0.4, 0.5) is 0 Å². The van der Waals surface area contributed by atoms with Crippen LogP contribution in [-0.4, -0.2) is 29.4 Å². The van der Waals surface area contributed by atoms with Gasteiger partial charge in [0, 0.05) is 40.5 Å². The summed E-state index contributed by atoms with van der Waals surface area (Å²) in [5, 5.41) is 3.46. The van der Waals surface area contributed by atoms with E-state index in [9.17, 15) is 4.21 Å². The molecule has 0 heterocycles. The molecule has 0 aliphatic heterocycles. The molecule has 1 aromatic rings. The molecule has 0 aliphatic rings. The first-order chi connectivity index (χ1) is 8.43. The highest BCUT2D eigenvalue weighted by Crippen LogP contribution is 2.26. The Morgan fingerprint density at radius 1 is 1.39 bits per heavy atom. The summed E-state index contributed by atoms with van der Waals surface area (Å²) in [5.41, 5.74) is 2.36. The molecule has 4 heteroatoms. The summed E-state index contributed by atoms with van der Waals surface area (Å²) >= 11 is 0. The maximum Gasteiger partial charge on any atom is 0.123 e. The number of rotatable bonds is 6. The zero-order valence-corrected chi connectivity index (χ0v) is 12.6. The van der Waals surface area contributed by atoms with Crippen molar-refractivity contribution in [1.29, 1.82) is 0 Å². The molecular formula is C14H23NO2S.